The first kappa shape index (κ1) is 15.0. The van der Waals surface area contributed by atoms with Crippen molar-refractivity contribution in [2.75, 3.05) is 6.54 Å². The highest BCUT2D eigenvalue weighted by atomic mass is 15.1. The Balaban J connectivity index is 2.14. The predicted octanol–water partition coefficient (Wildman–Crippen LogP) is 2.91. The minimum Gasteiger partial charge on any atom is -0.330 e. The first-order chi connectivity index (χ1) is 9.43. The van der Waals surface area contributed by atoms with Gasteiger partial charge in [-0.3, -0.25) is 0 Å². The van der Waals surface area contributed by atoms with Crippen molar-refractivity contribution in [3.63, 3.8) is 0 Å². The number of hydrogen-bond donors (Lipinski definition) is 1. The molecule has 0 amide bonds. The van der Waals surface area contributed by atoms with Gasteiger partial charge in [-0.05, 0) is 42.9 Å². The monoisotopic (exact) mass is 274 g/mol. The second-order valence-corrected chi connectivity index (χ2v) is 6.61. The van der Waals surface area contributed by atoms with Crippen molar-refractivity contribution in [1.82, 2.24) is 14.5 Å². The maximum atomic E-state index is 5.76. The summed E-state index contributed by atoms with van der Waals surface area (Å²) < 4.78 is 2.16. The van der Waals surface area contributed by atoms with Gasteiger partial charge >= 0.3 is 0 Å². The lowest BCUT2D eigenvalue weighted by Gasteiger charge is -2.30. The molecule has 2 rings (SSSR count). The van der Waals surface area contributed by atoms with Gasteiger partial charge < -0.3 is 10.3 Å². The summed E-state index contributed by atoms with van der Waals surface area (Å²) in [5, 5.41) is 0. The SMILES string of the molecule is Cn1c(CCC(CCN)C(C)(C)C)nc2ncccc21. The molecule has 2 aromatic heterocycles. The zero-order valence-electron chi connectivity index (χ0n) is 13.1. The molecule has 0 bridgehead atoms. The molecule has 4 heteroatoms. The molecule has 0 saturated heterocycles. The lowest BCUT2D eigenvalue weighted by atomic mass is 9.76. The number of rotatable bonds is 5. The van der Waals surface area contributed by atoms with Gasteiger partial charge in [0.05, 0.1) is 5.52 Å². The maximum Gasteiger partial charge on any atom is 0.177 e. The van der Waals surface area contributed by atoms with Crippen LogP contribution in [0.4, 0.5) is 0 Å². The number of nitrogens with two attached hydrogens (primary N) is 1. The standard InChI is InChI=1S/C16H26N4/c1-16(2,3)12(9-10-17)7-8-14-19-15-13(20(14)4)6-5-11-18-15/h5-6,11-12H,7-10,17H2,1-4H3. The van der Waals surface area contributed by atoms with E-state index in [2.05, 4.69) is 48.4 Å². The summed E-state index contributed by atoms with van der Waals surface area (Å²) in [4.78, 5) is 8.97. The summed E-state index contributed by atoms with van der Waals surface area (Å²) >= 11 is 0. The molecule has 4 nitrogen and oxygen atoms in total. The van der Waals surface area contributed by atoms with Gasteiger partial charge in [0.1, 0.15) is 5.82 Å². The van der Waals surface area contributed by atoms with E-state index in [1.54, 1.807) is 6.20 Å². The summed E-state index contributed by atoms with van der Waals surface area (Å²) in [6.07, 6.45) is 4.98. The molecule has 0 aliphatic rings. The Hall–Kier alpha value is -1.42. The largest absolute Gasteiger partial charge is 0.330 e. The Morgan fingerprint density at radius 2 is 2.05 bits per heavy atom. The smallest absolute Gasteiger partial charge is 0.177 e. The highest BCUT2D eigenvalue weighted by Crippen LogP contribution is 2.32. The molecule has 0 saturated carbocycles. The van der Waals surface area contributed by atoms with Crippen molar-refractivity contribution in [2.45, 2.75) is 40.0 Å². The molecule has 0 aliphatic carbocycles. The first-order valence-corrected chi connectivity index (χ1v) is 7.40. The van der Waals surface area contributed by atoms with E-state index in [9.17, 15) is 0 Å². The van der Waals surface area contributed by atoms with Crippen LogP contribution in [0.5, 0.6) is 0 Å². The number of imidazole rings is 1. The van der Waals surface area contributed by atoms with Crippen LogP contribution in [0, 0.1) is 11.3 Å². The Morgan fingerprint density at radius 1 is 1.30 bits per heavy atom. The summed E-state index contributed by atoms with van der Waals surface area (Å²) in [6, 6.07) is 4.03. The van der Waals surface area contributed by atoms with Crippen LogP contribution < -0.4 is 5.73 Å². The average molecular weight is 274 g/mol. The topological polar surface area (TPSA) is 56.7 Å². The van der Waals surface area contributed by atoms with Crippen molar-refractivity contribution in [3.05, 3.63) is 24.2 Å². The molecule has 2 N–H and O–H groups in total. The lowest BCUT2D eigenvalue weighted by Crippen LogP contribution is -2.24. The van der Waals surface area contributed by atoms with Gasteiger partial charge in [-0.15, -0.1) is 0 Å². The summed E-state index contributed by atoms with van der Waals surface area (Å²) in [5.74, 6) is 1.74. The fourth-order valence-electron chi connectivity index (χ4n) is 2.81. The van der Waals surface area contributed by atoms with Crippen LogP contribution in [0.15, 0.2) is 18.3 Å². The predicted molar refractivity (Wildman–Crippen MR) is 83.4 cm³/mol. The number of aryl methyl sites for hydroxylation is 2. The molecule has 0 fully saturated rings. The van der Waals surface area contributed by atoms with E-state index in [-0.39, 0.29) is 0 Å². The van der Waals surface area contributed by atoms with Crippen LogP contribution in [0.1, 0.15) is 39.4 Å². The van der Waals surface area contributed by atoms with E-state index in [1.165, 1.54) is 0 Å². The van der Waals surface area contributed by atoms with Crippen LogP contribution >= 0.6 is 0 Å². The number of aromatic nitrogens is 3. The highest BCUT2D eigenvalue weighted by Gasteiger charge is 2.24. The number of hydrogen-bond acceptors (Lipinski definition) is 3. The highest BCUT2D eigenvalue weighted by molar-refractivity contribution is 5.71. The third kappa shape index (κ3) is 3.18. The van der Waals surface area contributed by atoms with Crippen molar-refractivity contribution < 1.29 is 0 Å². The molecule has 0 aromatic carbocycles. The van der Waals surface area contributed by atoms with Crippen molar-refractivity contribution in [3.8, 4) is 0 Å². The Bertz CT molecular complexity index is 565. The lowest BCUT2D eigenvalue weighted by molar-refractivity contribution is 0.213. The normalized spacial score (nSPS) is 13.8. The van der Waals surface area contributed by atoms with Crippen molar-refractivity contribution in [1.29, 1.82) is 0 Å². The first-order valence-electron chi connectivity index (χ1n) is 7.40. The fraction of sp³-hybridized carbons (Fsp3) is 0.625. The number of fused-ring (bicyclic) bond motifs is 1. The van der Waals surface area contributed by atoms with E-state index in [0.29, 0.717) is 11.3 Å². The minimum atomic E-state index is 0.294. The summed E-state index contributed by atoms with van der Waals surface area (Å²) in [6.45, 7) is 7.64. The Kier molecular flexibility index (Phi) is 4.43. The third-order valence-corrected chi connectivity index (χ3v) is 4.21. The molecular formula is C16H26N4. The van der Waals surface area contributed by atoms with E-state index in [1.807, 2.05) is 6.07 Å². The van der Waals surface area contributed by atoms with Crippen LogP contribution in [-0.2, 0) is 13.5 Å². The molecular weight excluding hydrogens is 248 g/mol. The minimum absolute atomic E-state index is 0.294. The molecule has 0 radical (unpaired) electrons. The van der Waals surface area contributed by atoms with Gasteiger partial charge in [0.15, 0.2) is 5.65 Å². The van der Waals surface area contributed by atoms with Crippen LogP contribution in [0.25, 0.3) is 11.2 Å². The molecule has 20 heavy (non-hydrogen) atoms. The Morgan fingerprint density at radius 3 is 2.65 bits per heavy atom. The molecule has 2 heterocycles. The van der Waals surface area contributed by atoms with Crippen LogP contribution in [0.3, 0.4) is 0 Å². The van der Waals surface area contributed by atoms with Gasteiger partial charge in [0.25, 0.3) is 0 Å². The zero-order valence-corrected chi connectivity index (χ0v) is 13.1. The summed E-state index contributed by atoms with van der Waals surface area (Å²) in [7, 11) is 2.07. The van der Waals surface area contributed by atoms with Gasteiger partial charge in [-0.2, -0.15) is 0 Å². The van der Waals surface area contributed by atoms with Crippen molar-refractivity contribution >= 4 is 11.2 Å². The molecule has 0 aliphatic heterocycles. The van der Waals surface area contributed by atoms with Gasteiger partial charge in [0, 0.05) is 19.7 Å². The average Bonchev–Trinajstić information content (AvgIpc) is 2.71. The zero-order chi connectivity index (χ0) is 14.8. The Labute approximate surface area is 121 Å². The number of pyridine rings is 1. The van der Waals surface area contributed by atoms with E-state index in [0.717, 1.165) is 42.8 Å². The number of nitrogens with zero attached hydrogens (tertiary/aromatic N) is 3. The molecule has 0 spiro atoms. The fourth-order valence-corrected chi connectivity index (χ4v) is 2.81. The maximum absolute atomic E-state index is 5.76. The quantitative estimate of drug-likeness (QED) is 0.912. The van der Waals surface area contributed by atoms with Crippen molar-refractivity contribution in [2.24, 2.45) is 24.1 Å². The van der Waals surface area contributed by atoms with Gasteiger partial charge in [-0.25, -0.2) is 9.97 Å². The second kappa shape index (κ2) is 5.92. The van der Waals surface area contributed by atoms with Crippen LogP contribution in [-0.4, -0.2) is 21.1 Å². The van der Waals surface area contributed by atoms with E-state index in [4.69, 9.17) is 5.73 Å². The summed E-state index contributed by atoms with van der Waals surface area (Å²) in [5.41, 5.74) is 8.00. The second-order valence-electron chi connectivity index (χ2n) is 6.61. The third-order valence-electron chi connectivity index (χ3n) is 4.21. The molecule has 1 unspecified atom stereocenters. The van der Waals surface area contributed by atoms with E-state index >= 15 is 0 Å². The molecule has 1 atom stereocenters. The van der Waals surface area contributed by atoms with Gasteiger partial charge in [0.2, 0.25) is 0 Å². The molecule has 2 aromatic rings. The molecule has 110 valence electrons. The van der Waals surface area contributed by atoms with Crippen LogP contribution in [0.2, 0.25) is 0 Å². The van der Waals surface area contributed by atoms with E-state index < -0.39 is 0 Å². The van der Waals surface area contributed by atoms with Gasteiger partial charge in [-0.1, -0.05) is 20.8 Å².